The number of hydrogen-bond acceptors (Lipinski definition) is 4. The van der Waals surface area contributed by atoms with Crippen LogP contribution in [0.5, 0.6) is 0 Å². The Morgan fingerprint density at radius 1 is 1.24 bits per heavy atom. The average molecular weight is 246 g/mol. The maximum Gasteiger partial charge on any atom is 0.114 e. The predicted octanol–water partition coefficient (Wildman–Crippen LogP) is 1.34. The van der Waals surface area contributed by atoms with E-state index in [-0.39, 0.29) is 13.2 Å². The van der Waals surface area contributed by atoms with Crippen LogP contribution in [0.2, 0.25) is 0 Å². The molecule has 102 valence electrons. The number of rotatable bonds is 7. The molecule has 1 heterocycles. The Hall–Kier alpha value is -0.160. The van der Waals surface area contributed by atoms with Gasteiger partial charge in [0.05, 0.1) is 19.8 Å². The van der Waals surface area contributed by atoms with Crippen molar-refractivity contribution < 1.29 is 19.7 Å². The molecule has 0 bridgehead atoms. The van der Waals surface area contributed by atoms with Crippen LogP contribution in [0.3, 0.4) is 0 Å². The highest BCUT2D eigenvalue weighted by atomic mass is 16.5. The van der Waals surface area contributed by atoms with Crippen molar-refractivity contribution in [2.45, 2.75) is 57.8 Å². The molecule has 1 rings (SSSR count). The van der Waals surface area contributed by atoms with Gasteiger partial charge in [0.2, 0.25) is 0 Å². The molecule has 0 aromatic carbocycles. The molecule has 0 spiro atoms. The number of ether oxygens (including phenoxy) is 2. The molecule has 0 amide bonds. The third-order valence-corrected chi connectivity index (χ3v) is 3.40. The van der Waals surface area contributed by atoms with Crippen LogP contribution in [0.25, 0.3) is 0 Å². The zero-order valence-corrected chi connectivity index (χ0v) is 11.0. The second-order valence-electron chi connectivity index (χ2n) is 4.89. The molecular formula is C13H26O4. The third kappa shape index (κ3) is 4.92. The molecule has 1 unspecified atom stereocenters. The fourth-order valence-electron chi connectivity index (χ4n) is 2.12. The lowest BCUT2D eigenvalue weighted by molar-refractivity contribution is -0.176. The Morgan fingerprint density at radius 3 is 2.41 bits per heavy atom. The largest absolute Gasteiger partial charge is 0.388 e. The van der Waals surface area contributed by atoms with Gasteiger partial charge in [-0.15, -0.1) is 0 Å². The highest BCUT2D eigenvalue weighted by Gasteiger charge is 2.32. The van der Waals surface area contributed by atoms with Gasteiger partial charge in [-0.3, -0.25) is 0 Å². The van der Waals surface area contributed by atoms with E-state index in [1.807, 2.05) is 0 Å². The Balaban J connectivity index is 2.31. The second-order valence-corrected chi connectivity index (χ2v) is 4.89. The van der Waals surface area contributed by atoms with E-state index < -0.39 is 18.3 Å². The van der Waals surface area contributed by atoms with Crippen LogP contribution in [0, 0.1) is 5.92 Å². The maximum absolute atomic E-state index is 9.69. The normalized spacial score (nSPS) is 31.4. The first kappa shape index (κ1) is 14.9. The van der Waals surface area contributed by atoms with E-state index in [0.717, 1.165) is 12.8 Å². The van der Waals surface area contributed by atoms with E-state index in [1.165, 1.54) is 12.8 Å². The highest BCUT2D eigenvalue weighted by molar-refractivity contribution is 4.81. The fourth-order valence-corrected chi connectivity index (χ4v) is 2.12. The van der Waals surface area contributed by atoms with Gasteiger partial charge in [-0.2, -0.15) is 0 Å². The molecular weight excluding hydrogens is 220 g/mol. The third-order valence-electron chi connectivity index (χ3n) is 3.40. The van der Waals surface area contributed by atoms with Crippen molar-refractivity contribution in [1.82, 2.24) is 0 Å². The zero-order chi connectivity index (χ0) is 12.7. The molecule has 17 heavy (non-hydrogen) atoms. The second kappa shape index (κ2) is 8.03. The molecule has 1 saturated heterocycles. The van der Waals surface area contributed by atoms with Crippen molar-refractivity contribution in [3.8, 4) is 0 Å². The van der Waals surface area contributed by atoms with E-state index in [1.54, 1.807) is 0 Å². The van der Waals surface area contributed by atoms with Crippen LogP contribution in [0.15, 0.2) is 0 Å². The molecule has 0 aliphatic carbocycles. The lowest BCUT2D eigenvalue weighted by Crippen LogP contribution is -2.49. The summed E-state index contributed by atoms with van der Waals surface area (Å²) in [4.78, 5) is 0. The summed E-state index contributed by atoms with van der Waals surface area (Å²) in [6.45, 7) is 5.47. The van der Waals surface area contributed by atoms with Crippen LogP contribution in [-0.2, 0) is 9.47 Å². The van der Waals surface area contributed by atoms with Gasteiger partial charge in [0, 0.05) is 0 Å². The first-order valence-corrected chi connectivity index (χ1v) is 6.74. The first-order chi connectivity index (χ1) is 8.19. The predicted molar refractivity (Wildman–Crippen MR) is 65.9 cm³/mol. The summed E-state index contributed by atoms with van der Waals surface area (Å²) in [5.41, 5.74) is 0. The van der Waals surface area contributed by atoms with Crippen LogP contribution in [0.1, 0.15) is 39.5 Å². The number of aliphatic hydroxyl groups is 2. The smallest absolute Gasteiger partial charge is 0.114 e. The lowest BCUT2D eigenvalue weighted by atomic mass is 10.00. The van der Waals surface area contributed by atoms with Crippen LogP contribution >= 0.6 is 0 Å². The standard InChI is InChI=1S/C13H26O4/c1-3-5-6-10(4-2)7-17-13-11(14)8-16-9-12(13)15/h10-15H,3-9H2,1-2H3/t10?,11-,12+,13-. The van der Waals surface area contributed by atoms with Crippen LogP contribution in [0.4, 0.5) is 0 Å². The number of hydrogen-bond donors (Lipinski definition) is 2. The first-order valence-electron chi connectivity index (χ1n) is 6.74. The van der Waals surface area contributed by atoms with Gasteiger partial charge in [0.1, 0.15) is 18.3 Å². The van der Waals surface area contributed by atoms with Crippen LogP contribution < -0.4 is 0 Å². The Morgan fingerprint density at radius 2 is 1.88 bits per heavy atom. The van der Waals surface area contributed by atoms with Gasteiger partial charge in [0.15, 0.2) is 0 Å². The van der Waals surface area contributed by atoms with Gasteiger partial charge in [-0.25, -0.2) is 0 Å². The average Bonchev–Trinajstić information content (AvgIpc) is 2.32. The molecule has 4 heteroatoms. The van der Waals surface area contributed by atoms with Crippen LogP contribution in [-0.4, -0.2) is 48.3 Å². The summed E-state index contributed by atoms with van der Waals surface area (Å²) in [5.74, 6) is 0.525. The Bertz CT molecular complexity index is 188. The zero-order valence-electron chi connectivity index (χ0n) is 11.0. The molecule has 2 N–H and O–H groups in total. The summed E-state index contributed by atoms with van der Waals surface area (Å²) >= 11 is 0. The van der Waals surface area contributed by atoms with Gasteiger partial charge in [-0.05, 0) is 12.3 Å². The summed E-state index contributed by atoms with van der Waals surface area (Å²) in [6.07, 6.45) is 2.74. The minimum Gasteiger partial charge on any atom is -0.388 e. The molecule has 0 radical (unpaired) electrons. The van der Waals surface area contributed by atoms with Gasteiger partial charge < -0.3 is 19.7 Å². The van der Waals surface area contributed by atoms with Gasteiger partial charge in [0.25, 0.3) is 0 Å². The van der Waals surface area contributed by atoms with Crippen molar-refractivity contribution in [3.05, 3.63) is 0 Å². The molecule has 1 aliphatic heterocycles. The summed E-state index contributed by atoms with van der Waals surface area (Å²) in [7, 11) is 0. The number of unbranched alkanes of at least 4 members (excludes halogenated alkanes) is 1. The fraction of sp³-hybridized carbons (Fsp3) is 1.00. The van der Waals surface area contributed by atoms with Crippen molar-refractivity contribution in [3.63, 3.8) is 0 Å². The summed E-state index contributed by atoms with van der Waals surface area (Å²) < 4.78 is 10.7. The minimum atomic E-state index is -0.706. The van der Waals surface area contributed by atoms with E-state index in [4.69, 9.17) is 9.47 Å². The van der Waals surface area contributed by atoms with E-state index in [0.29, 0.717) is 12.5 Å². The molecule has 0 saturated carbocycles. The van der Waals surface area contributed by atoms with Gasteiger partial charge in [-0.1, -0.05) is 33.1 Å². The SMILES string of the molecule is CCCCC(CC)CO[C@@H]1[C@H](O)COC[C@@H]1O. The van der Waals surface area contributed by atoms with E-state index >= 15 is 0 Å². The molecule has 0 aromatic rings. The summed E-state index contributed by atoms with van der Waals surface area (Å²) in [5, 5.41) is 19.4. The lowest BCUT2D eigenvalue weighted by Gasteiger charge is -2.33. The number of aliphatic hydroxyl groups excluding tert-OH is 2. The molecule has 4 atom stereocenters. The van der Waals surface area contributed by atoms with Crippen molar-refractivity contribution in [2.75, 3.05) is 19.8 Å². The molecule has 0 aromatic heterocycles. The maximum atomic E-state index is 9.69. The summed E-state index contributed by atoms with van der Waals surface area (Å²) in [6, 6.07) is 0. The molecule has 4 nitrogen and oxygen atoms in total. The van der Waals surface area contributed by atoms with Crippen molar-refractivity contribution in [1.29, 1.82) is 0 Å². The topological polar surface area (TPSA) is 58.9 Å². The van der Waals surface area contributed by atoms with Gasteiger partial charge >= 0.3 is 0 Å². The molecule has 1 fully saturated rings. The molecule has 1 aliphatic rings. The van der Waals surface area contributed by atoms with E-state index in [2.05, 4.69) is 13.8 Å². The Labute approximate surface area is 104 Å². The monoisotopic (exact) mass is 246 g/mol. The highest BCUT2D eigenvalue weighted by Crippen LogP contribution is 2.18. The van der Waals surface area contributed by atoms with E-state index in [9.17, 15) is 10.2 Å². The van der Waals surface area contributed by atoms with Crippen molar-refractivity contribution in [2.24, 2.45) is 5.92 Å². The Kier molecular flexibility index (Phi) is 7.04. The van der Waals surface area contributed by atoms with Crippen molar-refractivity contribution >= 4 is 0 Å². The quantitative estimate of drug-likeness (QED) is 0.711. The minimum absolute atomic E-state index is 0.257.